The zero-order valence-corrected chi connectivity index (χ0v) is 9.95. The number of aliphatic hydroxyl groups excluding tert-OH is 1. The summed E-state index contributed by atoms with van der Waals surface area (Å²) >= 11 is 0. The van der Waals surface area contributed by atoms with Gasteiger partial charge in [0.1, 0.15) is 0 Å². The number of hydrogen-bond donors (Lipinski definition) is 1. The fourth-order valence-corrected chi connectivity index (χ4v) is 1.97. The first-order chi connectivity index (χ1) is 8.33. The second-order valence-electron chi connectivity index (χ2n) is 4.06. The predicted octanol–water partition coefficient (Wildman–Crippen LogP) is 2.86. The van der Waals surface area contributed by atoms with Crippen LogP contribution in [0.2, 0.25) is 0 Å². The Balaban J connectivity index is 2.25. The minimum atomic E-state index is -0.00130. The fraction of sp³-hybridized carbons (Fsp3) is 0.200. The fourth-order valence-electron chi connectivity index (χ4n) is 1.97. The van der Waals surface area contributed by atoms with Crippen molar-refractivity contribution in [3.05, 3.63) is 66.2 Å². The molecule has 0 saturated carbocycles. The average Bonchev–Trinajstić information content (AvgIpc) is 2.42. The second-order valence-corrected chi connectivity index (χ2v) is 4.06. The summed E-state index contributed by atoms with van der Waals surface area (Å²) in [5.74, 6) is 0. The quantitative estimate of drug-likeness (QED) is 0.868. The van der Waals surface area contributed by atoms with E-state index in [1.54, 1.807) is 0 Å². The summed E-state index contributed by atoms with van der Waals surface area (Å²) in [7, 11) is 2.00. The third kappa shape index (κ3) is 2.66. The number of rotatable bonds is 4. The Bertz CT molecular complexity index is 441. The van der Waals surface area contributed by atoms with Gasteiger partial charge >= 0.3 is 0 Å². The molecule has 17 heavy (non-hydrogen) atoms. The van der Waals surface area contributed by atoms with Crippen molar-refractivity contribution in [3.63, 3.8) is 0 Å². The van der Waals surface area contributed by atoms with Gasteiger partial charge in [-0.2, -0.15) is 0 Å². The standard InChI is InChI=1S/C15H17NO/c1-16(14-10-6-3-7-11-14)15(12-17)13-8-4-2-5-9-13/h2-11,15,17H,12H2,1H3/t15-/m1/s1. The molecule has 0 heterocycles. The molecule has 1 atom stereocenters. The van der Waals surface area contributed by atoms with Crippen molar-refractivity contribution in [1.82, 2.24) is 0 Å². The van der Waals surface area contributed by atoms with Crippen LogP contribution in [0, 0.1) is 0 Å². The smallest absolute Gasteiger partial charge is 0.0770 e. The Labute approximate surface area is 102 Å². The molecule has 0 aliphatic rings. The first-order valence-electron chi connectivity index (χ1n) is 5.76. The van der Waals surface area contributed by atoms with E-state index in [2.05, 4.69) is 4.90 Å². The van der Waals surface area contributed by atoms with E-state index in [1.165, 1.54) is 0 Å². The van der Waals surface area contributed by atoms with Gasteiger partial charge in [0.25, 0.3) is 0 Å². The minimum Gasteiger partial charge on any atom is -0.394 e. The lowest BCUT2D eigenvalue weighted by Crippen LogP contribution is -2.26. The number of likely N-dealkylation sites (N-methyl/N-ethyl adjacent to an activating group) is 1. The highest BCUT2D eigenvalue weighted by Crippen LogP contribution is 2.24. The van der Waals surface area contributed by atoms with E-state index < -0.39 is 0 Å². The van der Waals surface area contributed by atoms with Gasteiger partial charge in [-0.15, -0.1) is 0 Å². The van der Waals surface area contributed by atoms with Crippen LogP contribution in [0.15, 0.2) is 60.7 Å². The number of anilines is 1. The lowest BCUT2D eigenvalue weighted by Gasteiger charge is -2.29. The molecule has 0 amide bonds. The highest BCUT2D eigenvalue weighted by molar-refractivity contribution is 5.47. The van der Waals surface area contributed by atoms with Crippen LogP contribution in [-0.2, 0) is 0 Å². The van der Waals surface area contributed by atoms with E-state index in [4.69, 9.17) is 0 Å². The molecule has 0 aliphatic heterocycles. The van der Waals surface area contributed by atoms with Gasteiger partial charge in [-0.25, -0.2) is 0 Å². The molecule has 2 aromatic rings. The molecule has 2 rings (SSSR count). The first kappa shape index (κ1) is 11.7. The maximum absolute atomic E-state index is 9.57. The molecule has 0 radical (unpaired) electrons. The van der Waals surface area contributed by atoms with Crippen molar-refractivity contribution in [2.75, 3.05) is 18.6 Å². The molecule has 2 heteroatoms. The minimum absolute atomic E-state index is 0.00130. The summed E-state index contributed by atoms with van der Waals surface area (Å²) in [4.78, 5) is 2.09. The van der Waals surface area contributed by atoms with Crippen LogP contribution >= 0.6 is 0 Å². The molecular weight excluding hydrogens is 210 g/mol. The van der Waals surface area contributed by atoms with Crippen LogP contribution in [0.1, 0.15) is 11.6 Å². The predicted molar refractivity (Wildman–Crippen MR) is 71.1 cm³/mol. The van der Waals surface area contributed by atoms with E-state index in [0.29, 0.717) is 0 Å². The van der Waals surface area contributed by atoms with E-state index in [0.717, 1.165) is 11.3 Å². The zero-order chi connectivity index (χ0) is 12.1. The molecule has 0 bridgehead atoms. The van der Waals surface area contributed by atoms with Crippen LogP contribution in [-0.4, -0.2) is 18.8 Å². The Hall–Kier alpha value is -1.80. The first-order valence-corrected chi connectivity index (χ1v) is 5.76. The van der Waals surface area contributed by atoms with Crippen LogP contribution in [0.3, 0.4) is 0 Å². The Morgan fingerprint density at radius 2 is 1.47 bits per heavy atom. The summed E-state index contributed by atoms with van der Waals surface area (Å²) in [5.41, 5.74) is 2.23. The topological polar surface area (TPSA) is 23.5 Å². The van der Waals surface area contributed by atoms with Gasteiger partial charge in [-0.1, -0.05) is 48.5 Å². The monoisotopic (exact) mass is 227 g/mol. The van der Waals surface area contributed by atoms with Gasteiger partial charge in [-0.3, -0.25) is 0 Å². The van der Waals surface area contributed by atoms with Gasteiger partial charge in [0.05, 0.1) is 12.6 Å². The van der Waals surface area contributed by atoms with E-state index >= 15 is 0 Å². The molecule has 0 fully saturated rings. The molecule has 0 saturated heterocycles. The number of para-hydroxylation sites is 1. The zero-order valence-electron chi connectivity index (χ0n) is 9.95. The van der Waals surface area contributed by atoms with Gasteiger partial charge in [0.15, 0.2) is 0 Å². The summed E-state index contributed by atoms with van der Waals surface area (Å²) in [5, 5.41) is 9.57. The van der Waals surface area contributed by atoms with Crippen molar-refractivity contribution >= 4 is 5.69 Å². The molecule has 2 aromatic carbocycles. The lowest BCUT2D eigenvalue weighted by molar-refractivity contribution is 0.264. The molecule has 0 aromatic heterocycles. The van der Waals surface area contributed by atoms with Crippen molar-refractivity contribution in [2.45, 2.75) is 6.04 Å². The number of aliphatic hydroxyl groups is 1. The molecular formula is C15H17NO. The van der Waals surface area contributed by atoms with Crippen molar-refractivity contribution in [1.29, 1.82) is 0 Å². The molecule has 1 N–H and O–H groups in total. The van der Waals surface area contributed by atoms with Crippen molar-refractivity contribution in [3.8, 4) is 0 Å². The second kappa shape index (κ2) is 5.51. The lowest BCUT2D eigenvalue weighted by atomic mass is 10.1. The Morgan fingerprint density at radius 1 is 0.941 bits per heavy atom. The normalized spacial score (nSPS) is 12.1. The van der Waals surface area contributed by atoms with E-state index in [-0.39, 0.29) is 12.6 Å². The summed E-state index contributed by atoms with van der Waals surface area (Å²) in [6.07, 6.45) is 0. The molecule has 88 valence electrons. The maximum atomic E-state index is 9.57. The third-order valence-electron chi connectivity index (χ3n) is 2.99. The molecule has 0 aliphatic carbocycles. The van der Waals surface area contributed by atoms with Crippen LogP contribution < -0.4 is 4.90 Å². The highest BCUT2D eigenvalue weighted by atomic mass is 16.3. The summed E-state index contributed by atoms with van der Waals surface area (Å²) in [6, 6.07) is 20.2. The van der Waals surface area contributed by atoms with Crippen LogP contribution in [0.5, 0.6) is 0 Å². The Morgan fingerprint density at radius 3 is 2.00 bits per heavy atom. The molecule has 2 nitrogen and oxygen atoms in total. The van der Waals surface area contributed by atoms with E-state index in [1.807, 2.05) is 67.7 Å². The SMILES string of the molecule is CN(c1ccccc1)[C@H](CO)c1ccccc1. The van der Waals surface area contributed by atoms with Crippen LogP contribution in [0.4, 0.5) is 5.69 Å². The third-order valence-corrected chi connectivity index (χ3v) is 2.99. The van der Waals surface area contributed by atoms with Crippen molar-refractivity contribution < 1.29 is 5.11 Å². The summed E-state index contributed by atoms with van der Waals surface area (Å²) < 4.78 is 0. The largest absolute Gasteiger partial charge is 0.394 e. The number of benzene rings is 2. The number of hydrogen-bond acceptors (Lipinski definition) is 2. The van der Waals surface area contributed by atoms with Gasteiger partial charge in [0.2, 0.25) is 0 Å². The van der Waals surface area contributed by atoms with Gasteiger partial charge < -0.3 is 10.0 Å². The molecule has 0 spiro atoms. The van der Waals surface area contributed by atoms with Crippen molar-refractivity contribution in [2.24, 2.45) is 0 Å². The van der Waals surface area contributed by atoms with Gasteiger partial charge in [-0.05, 0) is 17.7 Å². The van der Waals surface area contributed by atoms with Gasteiger partial charge in [0, 0.05) is 12.7 Å². The van der Waals surface area contributed by atoms with Crippen LogP contribution in [0.25, 0.3) is 0 Å². The number of nitrogens with zero attached hydrogens (tertiary/aromatic N) is 1. The molecule has 0 unspecified atom stereocenters. The van der Waals surface area contributed by atoms with E-state index in [9.17, 15) is 5.11 Å². The summed E-state index contributed by atoms with van der Waals surface area (Å²) in [6.45, 7) is 0.107. The maximum Gasteiger partial charge on any atom is 0.0770 e. The highest BCUT2D eigenvalue weighted by Gasteiger charge is 2.15. The Kier molecular flexibility index (Phi) is 3.78. The average molecular weight is 227 g/mol.